The fourth-order valence-electron chi connectivity index (χ4n) is 3.15. The Morgan fingerprint density at radius 1 is 1.23 bits per heavy atom. The second-order valence-corrected chi connectivity index (χ2v) is 8.78. The smallest absolute Gasteiger partial charge is 0.266 e. The van der Waals surface area contributed by atoms with Crippen molar-refractivity contribution in [3.63, 3.8) is 0 Å². The van der Waals surface area contributed by atoms with Crippen LogP contribution in [0, 0.1) is 5.82 Å². The van der Waals surface area contributed by atoms with Gasteiger partial charge in [0, 0.05) is 30.7 Å². The first kappa shape index (κ1) is 21.2. The molecule has 0 atom stereocenters. The van der Waals surface area contributed by atoms with Crippen molar-refractivity contribution in [3.8, 4) is 5.75 Å². The van der Waals surface area contributed by atoms with Crippen LogP contribution < -0.4 is 9.64 Å². The molecule has 6 nitrogen and oxygen atoms in total. The van der Waals surface area contributed by atoms with Crippen molar-refractivity contribution >= 4 is 48.5 Å². The summed E-state index contributed by atoms with van der Waals surface area (Å²) in [6, 6.07) is 11.5. The number of nitrogens with zero attached hydrogens (tertiary/aromatic N) is 3. The molecule has 4 rings (SSSR count). The Balaban J connectivity index is 1.50. The van der Waals surface area contributed by atoms with Crippen LogP contribution >= 0.6 is 27.3 Å². The van der Waals surface area contributed by atoms with E-state index in [2.05, 4.69) is 25.8 Å². The molecule has 3 aromatic rings. The lowest BCUT2D eigenvalue weighted by Crippen LogP contribution is -2.44. The number of benzene rings is 2. The second-order valence-electron chi connectivity index (χ2n) is 6.85. The van der Waals surface area contributed by atoms with Gasteiger partial charge in [-0.25, -0.2) is 9.37 Å². The van der Waals surface area contributed by atoms with Crippen LogP contribution in [0.1, 0.15) is 0 Å². The van der Waals surface area contributed by atoms with Crippen molar-refractivity contribution in [2.24, 2.45) is 0 Å². The molecular weight excluding hydrogens is 473 g/mol. The van der Waals surface area contributed by atoms with Gasteiger partial charge < -0.3 is 9.47 Å². The molecule has 0 saturated carbocycles. The number of hydrogen-bond donors (Lipinski definition) is 0. The third kappa shape index (κ3) is 5.34. The molecule has 0 spiro atoms. The van der Waals surface area contributed by atoms with Crippen LogP contribution in [-0.2, 0) is 9.53 Å². The van der Waals surface area contributed by atoms with Crippen molar-refractivity contribution in [2.45, 2.75) is 0 Å². The first-order chi connectivity index (χ1) is 14.6. The van der Waals surface area contributed by atoms with Gasteiger partial charge in [0.05, 0.1) is 23.4 Å². The standard InChI is InChI=1S/C21H21BrFN3O3S/c22-15-1-6-18-19(13-15)30-21(24-18)26(8-7-25-9-11-28-12-10-25)20(27)14-29-17-4-2-16(23)3-5-17/h1-6,13H,7-12,14H2. The van der Waals surface area contributed by atoms with E-state index in [4.69, 9.17) is 9.47 Å². The van der Waals surface area contributed by atoms with Gasteiger partial charge in [-0.3, -0.25) is 14.6 Å². The van der Waals surface area contributed by atoms with Crippen molar-refractivity contribution in [2.75, 3.05) is 50.9 Å². The topological polar surface area (TPSA) is 54.9 Å². The molecule has 0 radical (unpaired) electrons. The summed E-state index contributed by atoms with van der Waals surface area (Å²) in [6.45, 7) is 4.20. The minimum atomic E-state index is -0.346. The fraction of sp³-hybridized carbons (Fsp3) is 0.333. The summed E-state index contributed by atoms with van der Waals surface area (Å²) in [4.78, 5) is 21.7. The van der Waals surface area contributed by atoms with Gasteiger partial charge in [0.25, 0.3) is 5.91 Å². The van der Waals surface area contributed by atoms with Crippen molar-refractivity contribution in [1.82, 2.24) is 9.88 Å². The molecule has 1 amide bonds. The molecule has 2 heterocycles. The lowest BCUT2D eigenvalue weighted by molar-refractivity contribution is -0.120. The fourth-order valence-corrected chi connectivity index (χ4v) is 4.71. The number of hydrogen-bond acceptors (Lipinski definition) is 6. The highest BCUT2D eigenvalue weighted by atomic mass is 79.9. The SMILES string of the molecule is O=C(COc1ccc(F)cc1)N(CCN1CCOCC1)c1nc2ccc(Br)cc2s1. The molecule has 1 aromatic heterocycles. The molecule has 1 aliphatic heterocycles. The molecule has 1 aliphatic rings. The Hall–Kier alpha value is -2.07. The Morgan fingerprint density at radius 3 is 2.77 bits per heavy atom. The largest absolute Gasteiger partial charge is 0.484 e. The van der Waals surface area contributed by atoms with Crippen molar-refractivity contribution < 1.29 is 18.7 Å². The van der Waals surface area contributed by atoms with E-state index in [0.717, 1.165) is 34.3 Å². The van der Waals surface area contributed by atoms with E-state index in [1.807, 2.05) is 18.2 Å². The van der Waals surface area contributed by atoms with Crippen LogP contribution in [0.2, 0.25) is 0 Å². The Bertz CT molecular complexity index is 1010. The summed E-state index contributed by atoms with van der Waals surface area (Å²) >= 11 is 4.95. The predicted molar refractivity (Wildman–Crippen MR) is 119 cm³/mol. The van der Waals surface area contributed by atoms with Gasteiger partial charge in [0.15, 0.2) is 11.7 Å². The number of morpholine rings is 1. The lowest BCUT2D eigenvalue weighted by atomic mass is 10.3. The van der Waals surface area contributed by atoms with Gasteiger partial charge in [-0.05, 0) is 42.5 Å². The summed E-state index contributed by atoms with van der Waals surface area (Å²) in [5.74, 6) is -0.0849. The molecule has 1 fully saturated rings. The number of anilines is 1. The van der Waals surface area contributed by atoms with E-state index in [9.17, 15) is 9.18 Å². The Labute approximate surface area is 186 Å². The normalized spacial score (nSPS) is 14.7. The van der Waals surface area contributed by atoms with Crippen molar-refractivity contribution in [3.05, 3.63) is 52.8 Å². The third-order valence-electron chi connectivity index (χ3n) is 4.79. The summed E-state index contributed by atoms with van der Waals surface area (Å²) in [5, 5.41) is 0.643. The molecule has 0 bridgehead atoms. The highest BCUT2D eigenvalue weighted by Gasteiger charge is 2.22. The number of carbonyl (C=O) groups is 1. The molecule has 1 saturated heterocycles. The second kappa shape index (κ2) is 9.82. The molecule has 30 heavy (non-hydrogen) atoms. The van der Waals surface area contributed by atoms with Crippen LogP contribution in [0.3, 0.4) is 0 Å². The lowest BCUT2D eigenvalue weighted by Gasteiger charge is -2.29. The zero-order valence-electron chi connectivity index (χ0n) is 16.2. The van der Waals surface area contributed by atoms with E-state index < -0.39 is 0 Å². The highest BCUT2D eigenvalue weighted by Crippen LogP contribution is 2.31. The molecule has 0 aliphatic carbocycles. The molecule has 9 heteroatoms. The monoisotopic (exact) mass is 493 g/mol. The Kier molecular flexibility index (Phi) is 6.93. The number of amides is 1. The van der Waals surface area contributed by atoms with E-state index >= 15 is 0 Å². The van der Waals surface area contributed by atoms with Crippen LogP contribution in [-0.4, -0.2) is 61.8 Å². The maximum absolute atomic E-state index is 13.1. The molecule has 0 N–H and O–H groups in total. The zero-order chi connectivity index (χ0) is 20.9. The summed E-state index contributed by atoms with van der Waals surface area (Å²) in [5.41, 5.74) is 0.849. The van der Waals surface area contributed by atoms with Gasteiger partial charge >= 0.3 is 0 Å². The molecule has 0 unspecified atom stereocenters. The summed E-state index contributed by atoms with van der Waals surface area (Å²) < 4.78 is 26.0. The average molecular weight is 494 g/mol. The first-order valence-corrected chi connectivity index (χ1v) is 11.2. The molecular formula is C21H21BrFN3O3S. The number of rotatable bonds is 7. The Morgan fingerprint density at radius 2 is 2.00 bits per heavy atom. The summed E-state index contributed by atoms with van der Waals surface area (Å²) in [6.07, 6.45) is 0. The van der Waals surface area contributed by atoms with Crippen LogP contribution in [0.4, 0.5) is 9.52 Å². The molecule has 2 aromatic carbocycles. The van der Waals surface area contributed by atoms with Crippen LogP contribution in [0.5, 0.6) is 5.75 Å². The number of halogens is 2. The molecule has 158 valence electrons. The highest BCUT2D eigenvalue weighted by molar-refractivity contribution is 9.10. The minimum absolute atomic E-state index is 0.144. The van der Waals surface area contributed by atoms with E-state index in [1.54, 1.807) is 4.90 Å². The van der Waals surface area contributed by atoms with E-state index in [-0.39, 0.29) is 18.3 Å². The quantitative estimate of drug-likeness (QED) is 0.498. The van der Waals surface area contributed by atoms with Crippen LogP contribution in [0.15, 0.2) is 46.9 Å². The maximum atomic E-state index is 13.1. The van der Waals surface area contributed by atoms with Crippen molar-refractivity contribution in [1.29, 1.82) is 0 Å². The van der Waals surface area contributed by atoms with E-state index in [0.29, 0.717) is 30.6 Å². The van der Waals surface area contributed by atoms with Gasteiger partial charge in [0.1, 0.15) is 11.6 Å². The predicted octanol–water partition coefficient (Wildman–Crippen LogP) is 3.94. The minimum Gasteiger partial charge on any atom is -0.484 e. The first-order valence-electron chi connectivity index (χ1n) is 9.63. The maximum Gasteiger partial charge on any atom is 0.266 e. The average Bonchev–Trinajstić information content (AvgIpc) is 3.17. The van der Waals surface area contributed by atoms with E-state index in [1.165, 1.54) is 35.6 Å². The van der Waals surface area contributed by atoms with Gasteiger partial charge in [-0.1, -0.05) is 27.3 Å². The zero-order valence-corrected chi connectivity index (χ0v) is 18.6. The number of carbonyl (C=O) groups excluding carboxylic acids is 1. The number of ether oxygens (including phenoxy) is 2. The number of thiazole rings is 1. The third-order valence-corrected chi connectivity index (χ3v) is 6.33. The van der Waals surface area contributed by atoms with Gasteiger partial charge in [0.2, 0.25) is 0 Å². The number of aromatic nitrogens is 1. The number of fused-ring (bicyclic) bond motifs is 1. The summed E-state index contributed by atoms with van der Waals surface area (Å²) in [7, 11) is 0. The van der Waals surface area contributed by atoms with Crippen LogP contribution in [0.25, 0.3) is 10.2 Å². The van der Waals surface area contributed by atoms with Gasteiger partial charge in [-0.15, -0.1) is 0 Å². The van der Waals surface area contributed by atoms with Gasteiger partial charge in [-0.2, -0.15) is 0 Å².